The van der Waals surface area contributed by atoms with Crippen molar-refractivity contribution >= 4 is 35.9 Å². The van der Waals surface area contributed by atoms with Crippen LogP contribution >= 0.6 is 24.0 Å². The molecule has 0 aliphatic carbocycles. The fourth-order valence-electron chi connectivity index (χ4n) is 3.12. The molecule has 0 radical (unpaired) electrons. The average Bonchev–Trinajstić information content (AvgIpc) is 3.13. The van der Waals surface area contributed by atoms with Gasteiger partial charge in [0.2, 0.25) is 5.95 Å². The largest absolute Gasteiger partial charge is 0.433 e. The first kappa shape index (κ1) is 26.0. The summed E-state index contributed by atoms with van der Waals surface area (Å²) in [6.07, 6.45) is -1.76. The van der Waals surface area contributed by atoms with Crippen LogP contribution in [0.4, 0.5) is 19.1 Å². The van der Waals surface area contributed by atoms with Crippen LogP contribution in [0, 0.1) is 0 Å². The van der Waals surface area contributed by atoms with E-state index in [0.717, 1.165) is 30.9 Å². The Bertz CT molecular complexity index is 891. The fraction of sp³-hybridized carbons (Fsp3) is 0.611. The van der Waals surface area contributed by atoms with Crippen molar-refractivity contribution in [2.45, 2.75) is 45.1 Å². The van der Waals surface area contributed by atoms with Gasteiger partial charge >= 0.3 is 6.18 Å². The van der Waals surface area contributed by atoms with Crippen LogP contribution in [0.25, 0.3) is 0 Å². The van der Waals surface area contributed by atoms with Gasteiger partial charge in [0.1, 0.15) is 18.1 Å². The highest BCUT2D eigenvalue weighted by atomic mass is 127. The van der Waals surface area contributed by atoms with Gasteiger partial charge in [-0.15, -0.1) is 24.0 Å². The highest BCUT2D eigenvalue weighted by Gasteiger charge is 2.32. The van der Waals surface area contributed by atoms with E-state index in [9.17, 15) is 13.2 Å². The summed E-state index contributed by atoms with van der Waals surface area (Å²) in [6.45, 7) is 4.29. The monoisotopic (exact) mass is 569 g/mol. The van der Waals surface area contributed by atoms with Gasteiger partial charge in [0.25, 0.3) is 0 Å². The fourth-order valence-corrected chi connectivity index (χ4v) is 3.12. The molecule has 0 saturated carbocycles. The van der Waals surface area contributed by atoms with Crippen LogP contribution in [0.3, 0.4) is 0 Å². The highest BCUT2D eigenvalue weighted by molar-refractivity contribution is 14.0. The van der Waals surface area contributed by atoms with Crippen molar-refractivity contribution in [2.24, 2.45) is 4.99 Å². The summed E-state index contributed by atoms with van der Waals surface area (Å²) in [6, 6.07) is 0.960. The van der Waals surface area contributed by atoms with E-state index in [1.165, 1.54) is 0 Å². The lowest BCUT2D eigenvalue weighted by Gasteiger charge is -2.25. The molecule has 0 saturated heterocycles. The first-order chi connectivity index (χ1) is 14.9. The molecule has 3 N–H and O–H groups in total. The maximum atomic E-state index is 12.7. The van der Waals surface area contributed by atoms with Crippen LogP contribution in [0.15, 0.2) is 17.3 Å². The molecule has 10 nitrogen and oxygen atoms in total. The molecular formula is C18H27F3IN9O. The number of aromatic nitrogens is 5. The number of hydrogen-bond donors (Lipinski definition) is 3. The number of hydrogen-bond acceptors (Lipinski definition) is 7. The van der Waals surface area contributed by atoms with Crippen molar-refractivity contribution < 1.29 is 17.9 Å². The third-order valence-electron chi connectivity index (χ3n) is 4.47. The van der Waals surface area contributed by atoms with Gasteiger partial charge in [-0.05, 0) is 19.4 Å². The zero-order valence-corrected chi connectivity index (χ0v) is 20.1. The molecule has 0 amide bonds. The molecule has 3 heterocycles. The number of halogens is 4. The number of nitrogens with one attached hydrogen (secondary N) is 3. The van der Waals surface area contributed by atoms with E-state index in [4.69, 9.17) is 4.74 Å². The molecule has 0 bridgehead atoms. The Labute approximate surface area is 200 Å². The van der Waals surface area contributed by atoms with E-state index in [1.807, 2.05) is 11.6 Å². The number of anilines is 1. The summed E-state index contributed by atoms with van der Waals surface area (Å²) < 4.78 is 45.2. The smallest absolute Gasteiger partial charge is 0.377 e. The second-order valence-corrected chi connectivity index (χ2v) is 6.89. The average molecular weight is 569 g/mol. The van der Waals surface area contributed by atoms with Crippen molar-refractivity contribution in [1.29, 1.82) is 0 Å². The van der Waals surface area contributed by atoms with Crippen molar-refractivity contribution in [1.82, 2.24) is 35.4 Å². The van der Waals surface area contributed by atoms with Crippen LogP contribution in [0.2, 0.25) is 0 Å². The van der Waals surface area contributed by atoms with Crippen molar-refractivity contribution in [3.8, 4) is 0 Å². The Kier molecular flexibility index (Phi) is 9.86. The summed E-state index contributed by atoms with van der Waals surface area (Å²) in [5.41, 5.74) is -0.984. The lowest BCUT2D eigenvalue weighted by atomic mass is 10.1. The highest BCUT2D eigenvalue weighted by Crippen LogP contribution is 2.27. The van der Waals surface area contributed by atoms with Gasteiger partial charge in [-0.25, -0.2) is 19.6 Å². The number of aryl methyl sites for hydroxylation is 1. The number of alkyl halides is 3. The van der Waals surface area contributed by atoms with Gasteiger partial charge in [0.05, 0.1) is 13.1 Å². The zero-order chi connectivity index (χ0) is 22.3. The van der Waals surface area contributed by atoms with E-state index >= 15 is 0 Å². The number of ether oxygens (including phenoxy) is 1. The van der Waals surface area contributed by atoms with Gasteiger partial charge in [0, 0.05) is 38.9 Å². The maximum Gasteiger partial charge on any atom is 0.433 e. The first-order valence-electron chi connectivity index (χ1n) is 9.99. The minimum Gasteiger partial charge on any atom is -0.377 e. The normalized spacial score (nSPS) is 16.2. The van der Waals surface area contributed by atoms with Gasteiger partial charge in [-0.1, -0.05) is 0 Å². The predicted molar refractivity (Wildman–Crippen MR) is 123 cm³/mol. The van der Waals surface area contributed by atoms with E-state index in [2.05, 4.69) is 41.0 Å². The Morgan fingerprint density at radius 3 is 2.88 bits per heavy atom. The van der Waals surface area contributed by atoms with Crippen molar-refractivity contribution in [3.05, 3.63) is 29.6 Å². The Hall–Kier alpha value is -2.23. The van der Waals surface area contributed by atoms with Crippen LogP contribution < -0.4 is 16.0 Å². The van der Waals surface area contributed by atoms with Gasteiger partial charge < -0.3 is 20.7 Å². The second kappa shape index (κ2) is 12.1. The number of fused-ring (bicyclic) bond motifs is 1. The second-order valence-electron chi connectivity index (χ2n) is 6.89. The Morgan fingerprint density at radius 1 is 1.34 bits per heavy atom. The summed E-state index contributed by atoms with van der Waals surface area (Å²) >= 11 is 0. The standard InChI is InChI=1S/C18H26F3N9O.HI/c1-3-22-16(24-8-9-25-17-23-7-6-13(27-17)18(19,20)21)26-12-4-5-15-28-14(11-31-2)29-30(15)10-12;/h6-7,12H,3-5,8-11H2,1-2H3,(H2,22,24,26)(H,23,25,27);1H. The molecule has 178 valence electrons. The molecule has 1 aliphatic heterocycles. The summed E-state index contributed by atoms with van der Waals surface area (Å²) in [7, 11) is 1.61. The molecule has 3 rings (SSSR count). The number of aliphatic imine (C=N–C) groups is 1. The summed E-state index contributed by atoms with van der Waals surface area (Å²) in [4.78, 5) is 16.2. The van der Waals surface area contributed by atoms with Crippen LogP contribution in [0.1, 0.15) is 30.7 Å². The molecule has 1 unspecified atom stereocenters. The first-order valence-corrected chi connectivity index (χ1v) is 9.99. The van der Waals surface area contributed by atoms with Crippen molar-refractivity contribution in [3.63, 3.8) is 0 Å². The molecular weight excluding hydrogens is 542 g/mol. The van der Waals surface area contributed by atoms with Gasteiger partial charge in [-0.2, -0.15) is 18.3 Å². The Morgan fingerprint density at radius 2 is 2.16 bits per heavy atom. The molecule has 1 aliphatic rings. The molecule has 2 aromatic heterocycles. The molecule has 0 fully saturated rings. The van der Waals surface area contributed by atoms with Crippen LogP contribution in [-0.2, 0) is 30.5 Å². The molecule has 14 heteroatoms. The number of guanidine groups is 1. The third-order valence-corrected chi connectivity index (χ3v) is 4.47. The van der Waals surface area contributed by atoms with E-state index < -0.39 is 11.9 Å². The van der Waals surface area contributed by atoms with Gasteiger partial charge in [0.15, 0.2) is 11.8 Å². The molecule has 0 aromatic carbocycles. The predicted octanol–water partition coefficient (Wildman–Crippen LogP) is 1.83. The minimum absolute atomic E-state index is 0. The zero-order valence-electron chi connectivity index (χ0n) is 17.8. The van der Waals surface area contributed by atoms with Crippen LogP contribution in [-0.4, -0.2) is 63.5 Å². The molecule has 2 aromatic rings. The van der Waals surface area contributed by atoms with E-state index in [1.54, 1.807) is 7.11 Å². The quantitative estimate of drug-likeness (QED) is 0.191. The molecule has 32 heavy (non-hydrogen) atoms. The van der Waals surface area contributed by atoms with E-state index in [-0.39, 0.29) is 42.5 Å². The van der Waals surface area contributed by atoms with Crippen molar-refractivity contribution in [2.75, 3.05) is 32.1 Å². The van der Waals surface area contributed by atoms with Gasteiger partial charge in [-0.3, -0.25) is 4.99 Å². The Balaban J connectivity index is 0.00000363. The lowest BCUT2D eigenvalue weighted by molar-refractivity contribution is -0.141. The number of methoxy groups -OCH3 is 1. The summed E-state index contributed by atoms with van der Waals surface area (Å²) in [5, 5.41) is 13.8. The third kappa shape index (κ3) is 7.43. The molecule has 1 atom stereocenters. The minimum atomic E-state index is -4.51. The number of rotatable bonds is 8. The number of nitrogens with zero attached hydrogens (tertiary/aromatic N) is 6. The van der Waals surface area contributed by atoms with E-state index in [0.29, 0.717) is 38.0 Å². The lowest BCUT2D eigenvalue weighted by Crippen LogP contribution is -2.47. The SMILES string of the molecule is CCNC(=NCCNc1nccc(C(F)(F)F)n1)NC1CCc2nc(COC)nn2C1.I. The maximum absolute atomic E-state index is 12.7. The topological polar surface area (TPSA) is 114 Å². The summed E-state index contributed by atoms with van der Waals surface area (Å²) in [5.74, 6) is 2.15. The van der Waals surface area contributed by atoms with Crippen LogP contribution in [0.5, 0.6) is 0 Å². The molecule has 0 spiro atoms.